The second kappa shape index (κ2) is 11.0. The third-order valence-corrected chi connectivity index (χ3v) is 7.25. The molecule has 0 spiro atoms. The number of aryl methyl sites for hydroxylation is 3. The fraction of sp³-hybridized carbons (Fsp3) is 0.423. The van der Waals surface area contributed by atoms with Gasteiger partial charge in [-0.25, -0.2) is 4.79 Å². The minimum absolute atomic E-state index is 0.265. The summed E-state index contributed by atoms with van der Waals surface area (Å²) in [6.45, 7) is 0. The van der Waals surface area contributed by atoms with Crippen molar-refractivity contribution in [1.82, 2.24) is 0 Å². The molecule has 0 saturated heterocycles. The lowest BCUT2D eigenvalue weighted by Crippen LogP contribution is -2.42. The first kappa shape index (κ1) is 23.5. The standard InChI is InChI=1S/C26H31NO5S/c28-26(29)23(14-7-2-1-4-10-19-11-5-3-6-12-19)27(33(30)31)20-16-17-22-21-13-8-9-15-24(21)32-25(22)18-20/h3,5-6,11-12,16-18,23H,1-2,4,7-10,13-15H2,(H,28,29)(H,30,31)/p-1. The van der Waals surface area contributed by atoms with Gasteiger partial charge in [-0.1, -0.05) is 49.6 Å². The highest BCUT2D eigenvalue weighted by atomic mass is 32.2. The van der Waals surface area contributed by atoms with Gasteiger partial charge < -0.3 is 14.1 Å². The van der Waals surface area contributed by atoms with E-state index in [2.05, 4.69) is 12.1 Å². The number of rotatable bonds is 11. The zero-order valence-electron chi connectivity index (χ0n) is 18.7. The number of fused-ring (bicyclic) bond motifs is 3. The molecule has 2 unspecified atom stereocenters. The number of aliphatic carboxylic acids is 1. The highest BCUT2D eigenvalue weighted by Gasteiger charge is 2.28. The van der Waals surface area contributed by atoms with Crippen LogP contribution in [0.15, 0.2) is 52.9 Å². The van der Waals surface area contributed by atoms with Crippen LogP contribution in [0.1, 0.15) is 61.8 Å². The summed E-state index contributed by atoms with van der Waals surface area (Å²) >= 11 is -2.71. The Morgan fingerprint density at radius 1 is 1.06 bits per heavy atom. The van der Waals surface area contributed by atoms with E-state index in [0.717, 1.165) is 66.8 Å². The Labute approximate surface area is 197 Å². The van der Waals surface area contributed by atoms with Gasteiger partial charge in [0.15, 0.2) is 0 Å². The maximum absolute atomic E-state index is 12.1. The Balaban J connectivity index is 1.41. The summed E-state index contributed by atoms with van der Waals surface area (Å²) in [6.07, 6.45) is 8.82. The summed E-state index contributed by atoms with van der Waals surface area (Å²) in [5.41, 5.74) is 3.45. The molecule has 2 atom stereocenters. The second-order valence-corrected chi connectivity index (χ2v) is 9.55. The molecule has 0 amide bonds. The van der Waals surface area contributed by atoms with Gasteiger partial charge in [-0.3, -0.25) is 8.51 Å². The monoisotopic (exact) mass is 468 g/mol. The third-order valence-electron chi connectivity index (χ3n) is 6.46. The minimum atomic E-state index is -2.71. The molecule has 3 aromatic rings. The van der Waals surface area contributed by atoms with E-state index in [1.165, 1.54) is 11.1 Å². The first-order valence-corrected chi connectivity index (χ1v) is 12.8. The van der Waals surface area contributed by atoms with Crippen LogP contribution in [0.4, 0.5) is 5.69 Å². The fourth-order valence-electron chi connectivity index (χ4n) is 4.77. The van der Waals surface area contributed by atoms with Gasteiger partial charge in [-0.2, -0.15) is 0 Å². The van der Waals surface area contributed by atoms with E-state index in [1.807, 2.05) is 24.3 Å². The normalized spacial score (nSPS) is 15.2. The summed E-state index contributed by atoms with van der Waals surface area (Å²) in [5, 5.41) is 10.8. The highest BCUT2D eigenvalue weighted by Crippen LogP contribution is 2.35. The predicted octanol–water partition coefficient (Wildman–Crippen LogP) is 5.56. The lowest BCUT2D eigenvalue weighted by molar-refractivity contribution is -0.138. The number of anilines is 1. The second-order valence-electron chi connectivity index (χ2n) is 8.73. The molecule has 0 saturated carbocycles. The molecule has 176 valence electrons. The number of carbonyl (C=O) groups is 1. The van der Waals surface area contributed by atoms with Crippen molar-refractivity contribution in [3.05, 3.63) is 65.4 Å². The van der Waals surface area contributed by atoms with Crippen LogP contribution in [0.3, 0.4) is 0 Å². The van der Waals surface area contributed by atoms with E-state index in [4.69, 9.17) is 4.42 Å². The molecule has 6 nitrogen and oxygen atoms in total. The van der Waals surface area contributed by atoms with Gasteiger partial charge in [0.05, 0.1) is 5.69 Å². The molecule has 1 heterocycles. The largest absolute Gasteiger partial charge is 0.755 e. The van der Waals surface area contributed by atoms with E-state index < -0.39 is 23.3 Å². The van der Waals surface area contributed by atoms with E-state index in [1.54, 1.807) is 12.1 Å². The van der Waals surface area contributed by atoms with Crippen LogP contribution < -0.4 is 4.31 Å². The van der Waals surface area contributed by atoms with Crippen LogP contribution in [-0.4, -0.2) is 25.9 Å². The average Bonchev–Trinajstić information content (AvgIpc) is 3.18. The van der Waals surface area contributed by atoms with Crippen LogP contribution in [0.2, 0.25) is 0 Å². The summed E-state index contributed by atoms with van der Waals surface area (Å²) in [6, 6.07) is 14.3. The van der Waals surface area contributed by atoms with Crippen molar-refractivity contribution in [3.8, 4) is 0 Å². The van der Waals surface area contributed by atoms with Gasteiger partial charge >= 0.3 is 5.97 Å². The summed E-state index contributed by atoms with van der Waals surface area (Å²) in [5.74, 6) is -0.171. The summed E-state index contributed by atoms with van der Waals surface area (Å²) in [4.78, 5) is 12.0. The van der Waals surface area contributed by atoms with Crippen LogP contribution in [0, 0.1) is 0 Å². The number of benzene rings is 2. The Hall–Kier alpha value is -2.64. The summed E-state index contributed by atoms with van der Waals surface area (Å²) < 4.78 is 31.2. The molecule has 0 fully saturated rings. The fourth-order valence-corrected chi connectivity index (χ4v) is 5.45. The third kappa shape index (κ3) is 5.65. The lowest BCUT2D eigenvalue weighted by atomic mass is 9.96. The number of hydrogen-bond donors (Lipinski definition) is 1. The van der Waals surface area contributed by atoms with E-state index in [9.17, 15) is 18.7 Å². The topological polar surface area (TPSA) is 93.8 Å². The Morgan fingerprint density at radius 3 is 2.58 bits per heavy atom. The quantitative estimate of drug-likeness (QED) is 0.294. The van der Waals surface area contributed by atoms with Crippen molar-refractivity contribution in [1.29, 1.82) is 0 Å². The van der Waals surface area contributed by atoms with E-state index in [-0.39, 0.29) is 6.42 Å². The van der Waals surface area contributed by atoms with Crippen molar-refractivity contribution < 1.29 is 23.1 Å². The maximum atomic E-state index is 12.1. The minimum Gasteiger partial charge on any atom is -0.755 e. The van der Waals surface area contributed by atoms with Crippen LogP contribution in [-0.2, 0) is 35.3 Å². The number of carboxylic acid groups (broad SMARTS) is 1. The molecule has 4 rings (SSSR count). The zero-order valence-corrected chi connectivity index (χ0v) is 19.5. The Kier molecular flexibility index (Phi) is 7.83. The van der Waals surface area contributed by atoms with Gasteiger partial charge in [-0.05, 0) is 56.2 Å². The van der Waals surface area contributed by atoms with E-state index >= 15 is 0 Å². The zero-order chi connectivity index (χ0) is 23.2. The molecule has 2 aromatic carbocycles. The van der Waals surface area contributed by atoms with Crippen LogP contribution in [0.5, 0.6) is 0 Å². The maximum Gasteiger partial charge on any atom is 0.327 e. The number of hydrogen-bond acceptors (Lipinski definition) is 4. The van der Waals surface area contributed by atoms with Crippen molar-refractivity contribution in [2.75, 3.05) is 4.31 Å². The number of furan rings is 1. The van der Waals surface area contributed by atoms with Gasteiger partial charge in [0.1, 0.15) is 17.4 Å². The summed E-state index contributed by atoms with van der Waals surface area (Å²) in [7, 11) is 0. The van der Waals surface area contributed by atoms with Gasteiger partial charge in [0, 0.05) is 34.7 Å². The highest BCUT2D eigenvalue weighted by molar-refractivity contribution is 7.80. The lowest BCUT2D eigenvalue weighted by Gasteiger charge is -2.32. The smallest absolute Gasteiger partial charge is 0.327 e. The molecule has 1 aliphatic rings. The molecular formula is C26H30NO5S-. The molecule has 1 aliphatic carbocycles. The van der Waals surface area contributed by atoms with Crippen molar-refractivity contribution in [3.63, 3.8) is 0 Å². The Bertz CT molecular complexity index is 1110. The predicted molar refractivity (Wildman–Crippen MR) is 129 cm³/mol. The van der Waals surface area contributed by atoms with Crippen molar-refractivity contribution in [2.45, 2.75) is 70.3 Å². The molecule has 0 aliphatic heterocycles. The van der Waals surface area contributed by atoms with Gasteiger partial charge in [0.2, 0.25) is 0 Å². The van der Waals surface area contributed by atoms with Crippen LogP contribution in [0.25, 0.3) is 11.0 Å². The van der Waals surface area contributed by atoms with Crippen molar-refractivity contribution >= 4 is 33.9 Å². The van der Waals surface area contributed by atoms with Crippen molar-refractivity contribution in [2.24, 2.45) is 0 Å². The first-order valence-electron chi connectivity index (χ1n) is 11.7. The molecule has 0 radical (unpaired) electrons. The van der Waals surface area contributed by atoms with E-state index in [0.29, 0.717) is 17.7 Å². The molecule has 7 heteroatoms. The number of nitrogens with zero attached hydrogens (tertiary/aromatic N) is 1. The van der Waals surface area contributed by atoms with Crippen LogP contribution >= 0.6 is 0 Å². The molecule has 1 N–H and O–H groups in total. The van der Waals surface area contributed by atoms with Gasteiger partial charge in [-0.15, -0.1) is 0 Å². The first-order chi connectivity index (χ1) is 16.0. The number of unbranched alkanes of at least 4 members (excludes halogenated alkanes) is 3. The average molecular weight is 469 g/mol. The van der Waals surface area contributed by atoms with Gasteiger partial charge in [0.25, 0.3) is 0 Å². The molecular weight excluding hydrogens is 438 g/mol. The SMILES string of the molecule is O=C(O)C(CCCCCCc1ccccc1)N(c1ccc2c3c(oc2c1)CCCC3)S(=O)[O-]. The Morgan fingerprint density at radius 2 is 1.82 bits per heavy atom. The molecule has 33 heavy (non-hydrogen) atoms. The molecule has 1 aromatic heterocycles. The molecule has 0 bridgehead atoms. The number of carboxylic acids is 1.